The predicted octanol–water partition coefficient (Wildman–Crippen LogP) is 4.85. The fraction of sp³-hybridized carbons (Fsp3) is 0. The Balaban J connectivity index is 1.81. The van der Waals surface area contributed by atoms with Gasteiger partial charge in [-0.05, 0) is 42.0 Å². The minimum Gasteiger partial charge on any atom is -0.350 e. The number of imide groups is 1. The van der Waals surface area contributed by atoms with E-state index in [0.29, 0.717) is 16.8 Å². The maximum Gasteiger partial charge on any atom is 0.282 e. The largest absolute Gasteiger partial charge is 0.350 e. The fourth-order valence-electron chi connectivity index (χ4n) is 3.01. The number of para-hydroxylation sites is 1. The van der Waals surface area contributed by atoms with Gasteiger partial charge in [0.1, 0.15) is 5.70 Å². The van der Waals surface area contributed by atoms with Gasteiger partial charge in [-0.15, -0.1) is 0 Å². The molecule has 0 atom stereocenters. The summed E-state index contributed by atoms with van der Waals surface area (Å²) in [6.45, 7) is 0. The lowest BCUT2D eigenvalue weighted by molar-refractivity contribution is -0.120. The highest BCUT2D eigenvalue weighted by atomic mass is 79.9. The third-order valence-corrected chi connectivity index (χ3v) is 4.80. The second kappa shape index (κ2) is 7.21. The van der Waals surface area contributed by atoms with E-state index < -0.39 is 0 Å². The van der Waals surface area contributed by atoms with Gasteiger partial charge in [-0.25, -0.2) is 4.90 Å². The van der Waals surface area contributed by atoms with E-state index in [-0.39, 0.29) is 17.5 Å². The van der Waals surface area contributed by atoms with Gasteiger partial charge in [-0.2, -0.15) is 0 Å². The number of nitrogens with zero attached hydrogens (tertiary/aromatic N) is 1. The molecule has 1 heterocycles. The number of amides is 2. The zero-order valence-corrected chi connectivity index (χ0v) is 15.8. The lowest BCUT2D eigenvalue weighted by Gasteiger charge is -2.15. The zero-order chi connectivity index (χ0) is 18.8. The van der Waals surface area contributed by atoms with E-state index in [1.165, 1.54) is 4.90 Å². The summed E-state index contributed by atoms with van der Waals surface area (Å²) in [6.07, 6.45) is 0. The number of benzene rings is 3. The number of carbonyl (C=O) groups excluding carboxylic acids is 2. The summed E-state index contributed by atoms with van der Waals surface area (Å²) in [5.74, 6) is -0.711. The van der Waals surface area contributed by atoms with E-state index in [4.69, 9.17) is 0 Å². The summed E-state index contributed by atoms with van der Waals surface area (Å²) >= 11 is 3.38. The van der Waals surface area contributed by atoms with Gasteiger partial charge in [0.05, 0.1) is 11.3 Å². The lowest BCUT2D eigenvalue weighted by atomic mass is 10.0. The van der Waals surface area contributed by atoms with Crippen LogP contribution in [0.2, 0.25) is 0 Å². The first kappa shape index (κ1) is 17.2. The van der Waals surface area contributed by atoms with Gasteiger partial charge in [0, 0.05) is 10.2 Å². The van der Waals surface area contributed by atoms with E-state index >= 15 is 0 Å². The molecule has 0 aliphatic carbocycles. The first-order valence-corrected chi connectivity index (χ1v) is 9.20. The van der Waals surface area contributed by atoms with Gasteiger partial charge in [0.25, 0.3) is 11.8 Å². The molecule has 0 saturated carbocycles. The number of hydrogen-bond donors (Lipinski definition) is 1. The molecule has 3 aromatic carbocycles. The van der Waals surface area contributed by atoms with E-state index in [1.54, 1.807) is 24.3 Å². The second-order valence-corrected chi connectivity index (χ2v) is 6.94. The average Bonchev–Trinajstić information content (AvgIpc) is 2.94. The minimum atomic E-state index is -0.370. The predicted molar refractivity (Wildman–Crippen MR) is 110 cm³/mol. The first-order valence-electron chi connectivity index (χ1n) is 8.41. The molecule has 0 bridgehead atoms. The molecule has 0 spiro atoms. The summed E-state index contributed by atoms with van der Waals surface area (Å²) < 4.78 is 0.879. The van der Waals surface area contributed by atoms with Crippen molar-refractivity contribution in [3.8, 4) is 0 Å². The maximum absolute atomic E-state index is 13.2. The van der Waals surface area contributed by atoms with E-state index in [2.05, 4.69) is 21.2 Å². The van der Waals surface area contributed by atoms with Crippen LogP contribution in [-0.2, 0) is 9.59 Å². The smallest absolute Gasteiger partial charge is 0.282 e. The molecule has 2 amide bonds. The Labute approximate surface area is 165 Å². The molecule has 1 aliphatic heterocycles. The van der Waals surface area contributed by atoms with Crippen molar-refractivity contribution in [1.29, 1.82) is 0 Å². The van der Waals surface area contributed by atoms with Crippen LogP contribution < -0.4 is 10.2 Å². The molecule has 1 N–H and O–H groups in total. The summed E-state index contributed by atoms with van der Waals surface area (Å²) in [5.41, 5.74) is 2.63. The van der Waals surface area contributed by atoms with E-state index in [0.717, 1.165) is 10.2 Å². The normalized spacial score (nSPS) is 14.0. The number of hydrogen-bond acceptors (Lipinski definition) is 3. The van der Waals surface area contributed by atoms with Crippen LogP contribution in [0.1, 0.15) is 5.56 Å². The Morgan fingerprint density at radius 1 is 0.704 bits per heavy atom. The quantitative estimate of drug-likeness (QED) is 0.616. The number of rotatable bonds is 4. The Hall–Kier alpha value is -3.18. The summed E-state index contributed by atoms with van der Waals surface area (Å²) in [5, 5.41) is 3.14. The zero-order valence-electron chi connectivity index (χ0n) is 14.2. The van der Waals surface area contributed by atoms with Gasteiger partial charge >= 0.3 is 0 Å². The second-order valence-electron chi connectivity index (χ2n) is 6.03. The van der Waals surface area contributed by atoms with Crippen LogP contribution in [0.4, 0.5) is 11.4 Å². The first-order chi connectivity index (χ1) is 13.1. The molecule has 4 rings (SSSR count). The SMILES string of the molecule is O=C1C(Nc2ccccc2)=C(c2ccccc2)C(=O)N1c1ccc(Br)cc1. The lowest BCUT2D eigenvalue weighted by Crippen LogP contribution is -2.32. The monoisotopic (exact) mass is 418 g/mol. The molecule has 5 heteroatoms. The summed E-state index contributed by atoms with van der Waals surface area (Å²) in [7, 11) is 0. The number of nitrogens with one attached hydrogen (secondary N) is 1. The van der Waals surface area contributed by atoms with Crippen molar-refractivity contribution in [2.75, 3.05) is 10.2 Å². The Kier molecular flexibility index (Phi) is 4.60. The maximum atomic E-state index is 13.2. The summed E-state index contributed by atoms with van der Waals surface area (Å²) in [6, 6.07) is 25.7. The topological polar surface area (TPSA) is 49.4 Å². The minimum absolute atomic E-state index is 0.278. The molecule has 0 radical (unpaired) electrons. The van der Waals surface area contributed by atoms with Crippen LogP contribution in [-0.4, -0.2) is 11.8 Å². The van der Waals surface area contributed by atoms with Crippen molar-refractivity contribution < 1.29 is 9.59 Å². The van der Waals surface area contributed by atoms with Crippen molar-refractivity contribution in [2.45, 2.75) is 0 Å². The van der Waals surface area contributed by atoms with Gasteiger partial charge in [0.15, 0.2) is 0 Å². The highest BCUT2D eigenvalue weighted by molar-refractivity contribution is 9.10. The molecule has 27 heavy (non-hydrogen) atoms. The number of anilines is 2. The highest BCUT2D eigenvalue weighted by Crippen LogP contribution is 2.34. The van der Waals surface area contributed by atoms with Crippen molar-refractivity contribution in [2.24, 2.45) is 0 Å². The van der Waals surface area contributed by atoms with Crippen LogP contribution >= 0.6 is 15.9 Å². The Morgan fingerprint density at radius 3 is 1.93 bits per heavy atom. The standard InChI is InChI=1S/C22H15BrN2O2/c23-16-11-13-18(14-12-16)25-21(26)19(15-7-3-1-4-8-15)20(22(25)27)24-17-9-5-2-6-10-17/h1-14,24H. The van der Waals surface area contributed by atoms with Gasteiger partial charge in [-0.1, -0.05) is 64.5 Å². The molecular formula is C22H15BrN2O2. The Morgan fingerprint density at radius 2 is 1.30 bits per heavy atom. The number of carbonyl (C=O) groups is 2. The van der Waals surface area contributed by atoms with Gasteiger partial charge in [0.2, 0.25) is 0 Å². The van der Waals surface area contributed by atoms with Crippen LogP contribution in [0.3, 0.4) is 0 Å². The van der Waals surface area contributed by atoms with Crippen LogP contribution in [0.15, 0.2) is 95.1 Å². The molecule has 3 aromatic rings. The van der Waals surface area contributed by atoms with Crippen LogP contribution in [0, 0.1) is 0 Å². The molecular weight excluding hydrogens is 404 g/mol. The van der Waals surface area contributed by atoms with Gasteiger partial charge < -0.3 is 5.32 Å². The molecule has 132 valence electrons. The van der Waals surface area contributed by atoms with Crippen LogP contribution in [0.5, 0.6) is 0 Å². The highest BCUT2D eigenvalue weighted by Gasteiger charge is 2.40. The number of halogens is 1. The molecule has 0 fully saturated rings. The fourth-order valence-corrected chi connectivity index (χ4v) is 3.27. The summed E-state index contributed by atoms with van der Waals surface area (Å²) in [4.78, 5) is 27.6. The molecule has 0 unspecified atom stereocenters. The van der Waals surface area contributed by atoms with Crippen molar-refractivity contribution in [3.63, 3.8) is 0 Å². The molecule has 0 aromatic heterocycles. The molecule has 1 aliphatic rings. The Bertz CT molecular complexity index is 1030. The third kappa shape index (κ3) is 3.29. The van der Waals surface area contributed by atoms with Crippen molar-refractivity contribution >= 4 is 44.7 Å². The third-order valence-electron chi connectivity index (χ3n) is 4.27. The average molecular weight is 419 g/mol. The molecule has 0 saturated heterocycles. The van der Waals surface area contributed by atoms with Crippen molar-refractivity contribution in [1.82, 2.24) is 0 Å². The van der Waals surface area contributed by atoms with Crippen LogP contribution in [0.25, 0.3) is 5.57 Å². The van der Waals surface area contributed by atoms with E-state index in [1.807, 2.05) is 60.7 Å². The van der Waals surface area contributed by atoms with Gasteiger partial charge in [-0.3, -0.25) is 9.59 Å². The van der Waals surface area contributed by atoms with E-state index in [9.17, 15) is 9.59 Å². The van der Waals surface area contributed by atoms with Crippen molar-refractivity contribution in [3.05, 3.63) is 101 Å². The molecule has 4 nitrogen and oxygen atoms in total.